The maximum Gasteiger partial charge on any atom is 0.119 e. The number of anilines is 1. The van der Waals surface area contributed by atoms with Crippen LogP contribution in [0.15, 0.2) is 48.5 Å². The third-order valence-electron chi connectivity index (χ3n) is 2.64. The summed E-state index contributed by atoms with van der Waals surface area (Å²) in [6.45, 7) is 0.725. The van der Waals surface area contributed by atoms with Gasteiger partial charge in [0.25, 0.3) is 0 Å². The summed E-state index contributed by atoms with van der Waals surface area (Å²) >= 11 is 0. The van der Waals surface area contributed by atoms with Gasteiger partial charge in [-0.1, -0.05) is 12.1 Å². The van der Waals surface area contributed by atoms with Gasteiger partial charge in [0.15, 0.2) is 0 Å². The molecule has 0 radical (unpaired) electrons. The van der Waals surface area contributed by atoms with E-state index in [1.54, 1.807) is 19.2 Å². The van der Waals surface area contributed by atoms with Crippen LogP contribution in [-0.4, -0.2) is 7.11 Å². The first kappa shape index (κ1) is 12.0. The van der Waals surface area contributed by atoms with Gasteiger partial charge >= 0.3 is 0 Å². The molecule has 18 heavy (non-hydrogen) atoms. The standard InChI is InChI=1S/C15H14N2O/c1-18-15-4-2-3-13(9-15)11-17-14-7-5-12(10-16)6-8-14/h2-9,17H,11H2,1H3. The van der Waals surface area contributed by atoms with Gasteiger partial charge in [-0.05, 0) is 42.0 Å². The molecule has 0 atom stereocenters. The van der Waals surface area contributed by atoms with Gasteiger partial charge < -0.3 is 10.1 Å². The van der Waals surface area contributed by atoms with Crippen LogP contribution >= 0.6 is 0 Å². The highest BCUT2D eigenvalue weighted by Crippen LogP contribution is 2.15. The smallest absolute Gasteiger partial charge is 0.119 e. The molecule has 0 unspecified atom stereocenters. The van der Waals surface area contributed by atoms with Gasteiger partial charge in [0.2, 0.25) is 0 Å². The molecule has 2 aromatic rings. The molecule has 0 aliphatic heterocycles. The number of nitrogens with zero attached hydrogens (tertiary/aromatic N) is 1. The zero-order chi connectivity index (χ0) is 12.8. The average molecular weight is 238 g/mol. The van der Waals surface area contributed by atoms with Crippen LogP contribution < -0.4 is 10.1 Å². The molecule has 0 spiro atoms. The molecule has 3 heteroatoms. The van der Waals surface area contributed by atoms with E-state index >= 15 is 0 Å². The van der Waals surface area contributed by atoms with Gasteiger partial charge in [-0.25, -0.2) is 0 Å². The number of hydrogen-bond donors (Lipinski definition) is 1. The monoisotopic (exact) mass is 238 g/mol. The van der Waals surface area contributed by atoms with Gasteiger partial charge in [-0.3, -0.25) is 0 Å². The Bertz CT molecular complexity index is 555. The second kappa shape index (κ2) is 5.74. The average Bonchev–Trinajstić information content (AvgIpc) is 2.46. The van der Waals surface area contributed by atoms with Crippen molar-refractivity contribution >= 4 is 5.69 Å². The number of rotatable bonds is 4. The lowest BCUT2D eigenvalue weighted by Gasteiger charge is -2.07. The van der Waals surface area contributed by atoms with Gasteiger partial charge in [0.1, 0.15) is 5.75 Å². The van der Waals surface area contributed by atoms with E-state index in [1.165, 1.54) is 0 Å². The summed E-state index contributed by atoms with van der Waals surface area (Å²) in [5.74, 6) is 0.856. The summed E-state index contributed by atoms with van der Waals surface area (Å²) in [4.78, 5) is 0. The predicted octanol–water partition coefficient (Wildman–Crippen LogP) is 3.18. The molecule has 0 bridgehead atoms. The zero-order valence-electron chi connectivity index (χ0n) is 10.2. The largest absolute Gasteiger partial charge is 0.497 e. The van der Waals surface area contributed by atoms with Gasteiger partial charge in [0, 0.05) is 12.2 Å². The fraction of sp³-hybridized carbons (Fsp3) is 0.133. The van der Waals surface area contributed by atoms with E-state index in [-0.39, 0.29) is 0 Å². The minimum atomic E-state index is 0.668. The summed E-state index contributed by atoms with van der Waals surface area (Å²) < 4.78 is 5.17. The first-order chi connectivity index (χ1) is 8.81. The second-order valence-electron chi connectivity index (χ2n) is 3.89. The van der Waals surface area contributed by atoms with Crippen molar-refractivity contribution in [1.29, 1.82) is 5.26 Å². The summed E-state index contributed by atoms with van der Waals surface area (Å²) in [6.07, 6.45) is 0. The molecule has 90 valence electrons. The third-order valence-corrected chi connectivity index (χ3v) is 2.64. The van der Waals surface area contributed by atoms with E-state index in [9.17, 15) is 0 Å². The highest BCUT2D eigenvalue weighted by Gasteiger charge is 1.97. The van der Waals surface area contributed by atoms with Gasteiger partial charge in [-0.2, -0.15) is 5.26 Å². The molecule has 0 aliphatic rings. The van der Waals surface area contributed by atoms with Crippen LogP contribution in [0, 0.1) is 11.3 Å². The molecule has 0 saturated heterocycles. The van der Waals surface area contributed by atoms with Crippen molar-refractivity contribution in [3.63, 3.8) is 0 Å². The first-order valence-electron chi connectivity index (χ1n) is 5.69. The first-order valence-corrected chi connectivity index (χ1v) is 5.69. The summed E-state index contributed by atoms with van der Waals surface area (Å²) in [6, 6.07) is 17.4. The molecule has 0 amide bonds. The van der Waals surface area contributed by atoms with E-state index in [0.29, 0.717) is 5.56 Å². The molecular weight excluding hydrogens is 224 g/mol. The van der Waals surface area contributed by atoms with Crippen LogP contribution in [0.5, 0.6) is 5.75 Å². The maximum atomic E-state index is 8.71. The number of hydrogen-bond acceptors (Lipinski definition) is 3. The zero-order valence-corrected chi connectivity index (χ0v) is 10.2. The Morgan fingerprint density at radius 3 is 2.61 bits per heavy atom. The van der Waals surface area contributed by atoms with Crippen LogP contribution in [0.2, 0.25) is 0 Å². The number of nitriles is 1. The molecule has 0 heterocycles. The molecule has 2 aromatic carbocycles. The summed E-state index contributed by atoms with van der Waals surface area (Å²) in [7, 11) is 1.66. The summed E-state index contributed by atoms with van der Waals surface area (Å²) in [5, 5.41) is 12.0. The Morgan fingerprint density at radius 2 is 1.94 bits per heavy atom. The Morgan fingerprint density at radius 1 is 1.17 bits per heavy atom. The lowest BCUT2D eigenvalue weighted by molar-refractivity contribution is 0.414. The minimum Gasteiger partial charge on any atom is -0.497 e. The van der Waals surface area contributed by atoms with Crippen molar-refractivity contribution in [3.8, 4) is 11.8 Å². The predicted molar refractivity (Wildman–Crippen MR) is 71.5 cm³/mol. The Labute approximate surface area is 107 Å². The molecular formula is C15H14N2O. The van der Waals surface area contributed by atoms with E-state index in [2.05, 4.69) is 11.4 Å². The normalized spacial score (nSPS) is 9.56. The molecule has 0 aliphatic carbocycles. The van der Waals surface area contributed by atoms with Crippen LogP contribution in [0.1, 0.15) is 11.1 Å². The molecule has 2 rings (SSSR count). The molecule has 1 N–H and O–H groups in total. The quantitative estimate of drug-likeness (QED) is 0.889. The van der Waals surface area contributed by atoms with E-state index in [0.717, 1.165) is 23.5 Å². The number of nitrogens with one attached hydrogen (secondary N) is 1. The number of ether oxygens (including phenoxy) is 1. The third kappa shape index (κ3) is 3.02. The van der Waals surface area contributed by atoms with Gasteiger partial charge in [-0.15, -0.1) is 0 Å². The second-order valence-corrected chi connectivity index (χ2v) is 3.89. The van der Waals surface area contributed by atoms with Crippen molar-refractivity contribution in [2.45, 2.75) is 6.54 Å². The highest BCUT2D eigenvalue weighted by molar-refractivity contribution is 5.47. The van der Waals surface area contributed by atoms with Crippen LogP contribution in [0.25, 0.3) is 0 Å². The lowest BCUT2D eigenvalue weighted by atomic mass is 10.2. The molecule has 0 fully saturated rings. The molecule has 3 nitrogen and oxygen atoms in total. The van der Waals surface area contributed by atoms with Crippen LogP contribution in [-0.2, 0) is 6.54 Å². The lowest BCUT2D eigenvalue weighted by Crippen LogP contribution is -1.99. The Kier molecular flexibility index (Phi) is 3.83. The van der Waals surface area contributed by atoms with E-state index in [1.807, 2.05) is 36.4 Å². The summed E-state index contributed by atoms with van der Waals surface area (Å²) in [5.41, 5.74) is 2.82. The fourth-order valence-corrected chi connectivity index (χ4v) is 1.65. The Balaban J connectivity index is 2.00. The SMILES string of the molecule is COc1cccc(CNc2ccc(C#N)cc2)c1. The molecule has 0 saturated carbocycles. The highest BCUT2D eigenvalue weighted by atomic mass is 16.5. The number of methoxy groups -OCH3 is 1. The molecule has 0 aromatic heterocycles. The van der Waals surface area contributed by atoms with Crippen LogP contribution in [0.3, 0.4) is 0 Å². The van der Waals surface area contributed by atoms with Crippen molar-refractivity contribution in [3.05, 3.63) is 59.7 Å². The van der Waals surface area contributed by atoms with E-state index < -0.39 is 0 Å². The van der Waals surface area contributed by atoms with Crippen LogP contribution in [0.4, 0.5) is 5.69 Å². The maximum absolute atomic E-state index is 8.71. The van der Waals surface area contributed by atoms with Crippen molar-refractivity contribution in [2.24, 2.45) is 0 Å². The Hall–Kier alpha value is -2.47. The van der Waals surface area contributed by atoms with Gasteiger partial charge in [0.05, 0.1) is 18.7 Å². The number of benzene rings is 2. The topological polar surface area (TPSA) is 45.0 Å². The van der Waals surface area contributed by atoms with Crippen molar-refractivity contribution in [1.82, 2.24) is 0 Å². The van der Waals surface area contributed by atoms with E-state index in [4.69, 9.17) is 10.00 Å². The minimum absolute atomic E-state index is 0.668. The van der Waals surface area contributed by atoms with Crippen molar-refractivity contribution < 1.29 is 4.74 Å². The fourth-order valence-electron chi connectivity index (χ4n) is 1.65. The van der Waals surface area contributed by atoms with Crippen molar-refractivity contribution in [2.75, 3.05) is 12.4 Å².